The molecular formula is C13H22N4O. The molecule has 2 fully saturated rings. The molecule has 1 unspecified atom stereocenters. The van der Waals surface area contributed by atoms with E-state index < -0.39 is 0 Å². The second-order valence-corrected chi connectivity index (χ2v) is 5.07. The zero-order valence-electron chi connectivity index (χ0n) is 11.1. The van der Waals surface area contributed by atoms with Gasteiger partial charge >= 0.3 is 0 Å². The fourth-order valence-corrected chi connectivity index (χ4v) is 3.09. The van der Waals surface area contributed by atoms with Crippen LogP contribution < -0.4 is 5.73 Å². The molecule has 1 heterocycles. The van der Waals surface area contributed by atoms with Crippen molar-refractivity contribution in [3.8, 4) is 0 Å². The first-order chi connectivity index (χ1) is 8.61. The number of rotatable bonds is 2. The molecule has 18 heavy (non-hydrogen) atoms. The molecule has 1 saturated heterocycles. The van der Waals surface area contributed by atoms with E-state index in [1.807, 2.05) is 11.8 Å². The lowest BCUT2D eigenvalue weighted by molar-refractivity contribution is -0.134. The first kappa shape index (κ1) is 12.9. The lowest BCUT2D eigenvalue weighted by Gasteiger charge is -2.44. The summed E-state index contributed by atoms with van der Waals surface area (Å²) < 4.78 is 0. The average molecular weight is 250 g/mol. The first-order valence-corrected chi connectivity index (χ1v) is 6.68. The van der Waals surface area contributed by atoms with Gasteiger partial charge in [-0.05, 0) is 19.3 Å². The number of hydrogen-bond acceptors (Lipinski definition) is 3. The van der Waals surface area contributed by atoms with Gasteiger partial charge in [0.2, 0.25) is 5.91 Å². The molecule has 1 atom stereocenters. The fourth-order valence-electron chi connectivity index (χ4n) is 3.09. The molecule has 0 aromatic carbocycles. The third-order valence-corrected chi connectivity index (χ3v) is 4.08. The predicted octanol–water partition coefficient (Wildman–Crippen LogP) is 1.26. The minimum Gasteiger partial charge on any atom is -0.403 e. The van der Waals surface area contributed by atoms with Crippen molar-refractivity contribution in [3.63, 3.8) is 0 Å². The summed E-state index contributed by atoms with van der Waals surface area (Å²) in [6, 6.07) is 0.129. The smallest absolute Gasteiger partial charge is 0.249 e. The molecule has 2 aliphatic rings. The second-order valence-electron chi connectivity index (χ2n) is 5.07. The minimum absolute atomic E-state index is 0.0529. The van der Waals surface area contributed by atoms with Gasteiger partial charge in [-0.1, -0.05) is 19.8 Å². The predicted molar refractivity (Wildman–Crippen MR) is 70.9 cm³/mol. The number of nitrogens with two attached hydrogens (primary N) is 1. The highest BCUT2D eigenvalue weighted by molar-refractivity contribution is 6.05. The third-order valence-electron chi connectivity index (χ3n) is 4.08. The van der Waals surface area contributed by atoms with Gasteiger partial charge in [-0.3, -0.25) is 10.2 Å². The van der Waals surface area contributed by atoms with Crippen LogP contribution >= 0.6 is 0 Å². The molecule has 1 aliphatic carbocycles. The summed E-state index contributed by atoms with van der Waals surface area (Å²) in [5.74, 6) is 0.454. The molecule has 2 rings (SSSR count). The number of nitrogens with one attached hydrogen (secondary N) is 1. The number of likely N-dealkylation sites (N-methyl/N-ethyl adjacent to an activating group) is 1. The van der Waals surface area contributed by atoms with Gasteiger partial charge in [0.1, 0.15) is 17.6 Å². The van der Waals surface area contributed by atoms with Crippen molar-refractivity contribution in [2.45, 2.75) is 51.1 Å². The Kier molecular flexibility index (Phi) is 3.59. The van der Waals surface area contributed by atoms with Crippen molar-refractivity contribution in [2.24, 2.45) is 5.73 Å². The van der Waals surface area contributed by atoms with Gasteiger partial charge in [-0.15, -0.1) is 0 Å². The normalized spacial score (nSPS) is 28.6. The summed E-state index contributed by atoms with van der Waals surface area (Å²) in [4.78, 5) is 15.8. The van der Waals surface area contributed by atoms with Crippen LogP contribution in [0.1, 0.15) is 39.0 Å². The number of hydrogen-bond donors (Lipinski definition) is 2. The van der Waals surface area contributed by atoms with Crippen LogP contribution in [0.5, 0.6) is 0 Å². The number of carbonyl (C=O) groups is 1. The molecule has 1 aliphatic heterocycles. The summed E-state index contributed by atoms with van der Waals surface area (Å²) in [7, 11) is 1.70. The summed E-state index contributed by atoms with van der Waals surface area (Å²) in [5, 5.41) is 8.31. The van der Waals surface area contributed by atoms with Crippen LogP contribution in [0.4, 0.5) is 0 Å². The fraction of sp³-hybridized carbons (Fsp3) is 0.692. The molecule has 0 bridgehead atoms. The SMILES string of the molecule is CCC1C(=O)N(C)/C(=C/N)C(=N)N1C1CCCC1. The minimum atomic E-state index is -0.200. The number of carbonyl (C=O) groups excluding carboxylic acids is 1. The first-order valence-electron chi connectivity index (χ1n) is 6.68. The van der Waals surface area contributed by atoms with Gasteiger partial charge in [0.25, 0.3) is 0 Å². The number of piperazine rings is 1. The lowest BCUT2D eigenvalue weighted by atomic mass is 10.0. The molecule has 0 radical (unpaired) electrons. The maximum atomic E-state index is 12.3. The molecule has 100 valence electrons. The summed E-state index contributed by atoms with van der Waals surface area (Å²) in [5.41, 5.74) is 6.10. The molecule has 1 saturated carbocycles. The van der Waals surface area contributed by atoms with E-state index in [1.165, 1.54) is 23.9 Å². The van der Waals surface area contributed by atoms with Crippen LogP contribution in [0, 0.1) is 5.41 Å². The zero-order valence-corrected chi connectivity index (χ0v) is 11.1. The van der Waals surface area contributed by atoms with Crippen molar-refractivity contribution >= 4 is 11.7 Å². The topological polar surface area (TPSA) is 73.4 Å². The Morgan fingerprint density at radius 1 is 1.44 bits per heavy atom. The van der Waals surface area contributed by atoms with Crippen LogP contribution in [0.3, 0.4) is 0 Å². The Balaban J connectivity index is 2.34. The highest BCUT2D eigenvalue weighted by atomic mass is 16.2. The van der Waals surface area contributed by atoms with Gasteiger partial charge < -0.3 is 15.5 Å². The summed E-state index contributed by atoms with van der Waals surface area (Å²) >= 11 is 0. The van der Waals surface area contributed by atoms with Crippen molar-refractivity contribution in [1.82, 2.24) is 9.80 Å². The standard InChI is InChI=1S/C13H22N4O/c1-3-10-13(18)16(2)11(8-14)12(15)17(10)9-6-4-5-7-9/h8-10,15H,3-7,14H2,1-2H3/b11-8+,15-12?. The molecule has 5 heteroatoms. The van der Waals surface area contributed by atoms with Crippen molar-refractivity contribution in [3.05, 3.63) is 11.9 Å². The van der Waals surface area contributed by atoms with Crippen molar-refractivity contribution in [2.75, 3.05) is 7.05 Å². The van der Waals surface area contributed by atoms with Gasteiger partial charge in [0, 0.05) is 19.3 Å². The molecule has 0 aromatic heterocycles. The van der Waals surface area contributed by atoms with Crippen LogP contribution in [0.25, 0.3) is 0 Å². The Bertz CT molecular complexity index is 384. The van der Waals surface area contributed by atoms with Gasteiger partial charge in [-0.25, -0.2) is 0 Å². The molecule has 1 amide bonds. The second kappa shape index (κ2) is 5.00. The number of amidine groups is 1. The van der Waals surface area contributed by atoms with E-state index in [2.05, 4.69) is 0 Å². The maximum Gasteiger partial charge on any atom is 0.249 e. The highest BCUT2D eigenvalue weighted by Crippen LogP contribution is 2.31. The van der Waals surface area contributed by atoms with Gasteiger partial charge in [-0.2, -0.15) is 0 Å². The van der Waals surface area contributed by atoms with Crippen LogP contribution in [0.2, 0.25) is 0 Å². The monoisotopic (exact) mass is 250 g/mol. The van der Waals surface area contributed by atoms with Gasteiger partial charge in [0.15, 0.2) is 0 Å². The van der Waals surface area contributed by atoms with E-state index in [-0.39, 0.29) is 11.9 Å². The largest absolute Gasteiger partial charge is 0.403 e. The highest BCUT2D eigenvalue weighted by Gasteiger charge is 2.41. The van der Waals surface area contributed by atoms with Gasteiger partial charge in [0.05, 0.1) is 0 Å². The van der Waals surface area contributed by atoms with E-state index in [1.54, 1.807) is 7.05 Å². The maximum absolute atomic E-state index is 12.3. The summed E-state index contributed by atoms with van der Waals surface area (Å²) in [6.07, 6.45) is 6.64. The Hall–Kier alpha value is -1.52. The average Bonchev–Trinajstić information content (AvgIpc) is 2.87. The van der Waals surface area contributed by atoms with E-state index in [0.29, 0.717) is 17.6 Å². The van der Waals surface area contributed by atoms with Crippen molar-refractivity contribution in [1.29, 1.82) is 5.41 Å². The molecule has 3 N–H and O–H groups in total. The van der Waals surface area contributed by atoms with Crippen LogP contribution in [-0.4, -0.2) is 40.7 Å². The molecule has 0 aromatic rings. The molecule has 0 spiro atoms. The molecule has 5 nitrogen and oxygen atoms in total. The van der Waals surface area contributed by atoms with E-state index >= 15 is 0 Å². The lowest BCUT2D eigenvalue weighted by Crippen LogP contribution is -2.59. The van der Waals surface area contributed by atoms with Crippen LogP contribution in [-0.2, 0) is 4.79 Å². The Morgan fingerprint density at radius 3 is 2.56 bits per heavy atom. The quantitative estimate of drug-likeness (QED) is 0.775. The number of amides is 1. The Morgan fingerprint density at radius 2 is 2.06 bits per heavy atom. The Labute approximate surface area is 108 Å². The molecular weight excluding hydrogens is 228 g/mol. The summed E-state index contributed by atoms with van der Waals surface area (Å²) in [6.45, 7) is 2.00. The number of nitrogens with zero attached hydrogens (tertiary/aromatic N) is 2. The van der Waals surface area contributed by atoms with Crippen LogP contribution in [0.15, 0.2) is 11.9 Å². The van der Waals surface area contributed by atoms with Crippen molar-refractivity contribution < 1.29 is 4.79 Å². The third kappa shape index (κ3) is 1.87. The van der Waals surface area contributed by atoms with E-state index in [0.717, 1.165) is 19.3 Å². The van der Waals surface area contributed by atoms with E-state index in [4.69, 9.17) is 11.1 Å². The zero-order chi connectivity index (χ0) is 13.3. The van der Waals surface area contributed by atoms with E-state index in [9.17, 15) is 4.79 Å².